The number of rotatable bonds is 5. The summed E-state index contributed by atoms with van der Waals surface area (Å²) >= 11 is 1.45. The van der Waals surface area contributed by atoms with Crippen LogP contribution in [0, 0.1) is 11.6 Å². The molecule has 0 saturated heterocycles. The Balaban J connectivity index is 1.68. The average Bonchev–Trinajstić information content (AvgIpc) is 2.99. The molecule has 0 radical (unpaired) electrons. The van der Waals surface area contributed by atoms with E-state index >= 15 is 0 Å². The van der Waals surface area contributed by atoms with Gasteiger partial charge in [0.15, 0.2) is 5.16 Å². The molecule has 0 bridgehead atoms. The van der Waals surface area contributed by atoms with E-state index in [0.29, 0.717) is 17.9 Å². The van der Waals surface area contributed by atoms with E-state index in [1.807, 2.05) is 22.8 Å². The van der Waals surface area contributed by atoms with E-state index in [2.05, 4.69) is 9.97 Å². The Labute approximate surface area is 153 Å². The summed E-state index contributed by atoms with van der Waals surface area (Å²) in [4.78, 5) is 8.82. The number of halogens is 2. The lowest BCUT2D eigenvalue weighted by atomic mass is 10.2. The highest BCUT2D eigenvalue weighted by atomic mass is 32.2. The molecule has 0 fully saturated rings. The Morgan fingerprint density at radius 3 is 2.73 bits per heavy atom. The van der Waals surface area contributed by atoms with Gasteiger partial charge in [0.05, 0.1) is 23.8 Å². The first-order chi connectivity index (χ1) is 12.7. The zero-order chi connectivity index (χ0) is 17.9. The second-order valence-electron chi connectivity index (χ2n) is 5.85. The number of hydrogen-bond acceptors (Lipinski definition) is 3. The van der Waals surface area contributed by atoms with Crippen LogP contribution in [0.3, 0.4) is 0 Å². The fourth-order valence-corrected chi connectivity index (χ4v) is 3.79. The topological polar surface area (TPSA) is 30.7 Å². The maximum atomic E-state index is 13.9. The Kier molecular flexibility index (Phi) is 4.67. The summed E-state index contributed by atoms with van der Waals surface area (Å²) in [6.07, 6.45) is 3.43. The number of benzene rings is 2. The molecule has 6 heteroatoms. The number of nitrogens with zero attached hydrogens (tertiary/aromatic N) is 3. The van der Waals surface area contributed by atoms with Gasteiger partial charge < -0.3 is 4.57 Å². The molecule has 4 rings (SSSR count). The molecule has 0 amide bonds. The summed E-state index contributed by atoms with van der Waals surface area (Å²) in [7, 11) is 0. The van der Waals surface area contributed by atoms with Crippen LogP contribution in [0.15, 0.2) is 72.1 Å². The van der Waals surface area contributed by atoms with Crippen molar-refractivity contribution in [2.24, 2.45) is 0 Å². The first kappa shape index (κ1) is 16.7. The number of pyridine rings is 1. The van der Waals surface area contributed by atoms with Crippen molar-refractivity contribution in [1.29, 1.82) is 0 Å². The lowest BCUT2D eigenvalue weighted by Crippen LogP contribution is -2.02. The molecule has 0 aliphatic rings. The maximum Gasteiger partial charge on any atom is 0.169 e. The largest absolute Gasteiger partial charge is 0.313 e. The van der Waals surface area contributed by atoms with Crippen LogP contribution in [0.25, 0.3) is 11.0 Å². The third-order valence-electron chi connectivity index (χ3n) is 4.06. The fourth-order valence-electron chi connectivity index (χ4n) is 2.79. The summed E-state index contributed by atoms with van der Waals surface area (Å²) in [5.74, 6) is -0.0351. The number of thioether (sulfide) groups is 1. The van der Waals surface area contributed by atoms with Gasteiger partial charge in [-0.15, -0.1) is 0 Å². The van der Waals surface area contributed by atoms with Crippen LogP contribution in [0.2, 0.25) is 0 Å². The number of hydrogen-bond donors (Lipinski definition) is 0. The molecule has 4 aromatic rings. The lowest BCUT2D eigenvalue weighted by Gasteiger charge is -2.09. The van der Waals surface area contributed by atoms with Crippen molar-refractivity contribution in [3.05, 3.63) is 89.8 Å². The minimum Gasteiger partial charge on any atom is -0.313 e. The van der Waals surface area contributed by atoms with Crippen molar-refractivity contribution in [2.75, 3.05) is 0 Å². The Morgan fingerprint density at radius 1 is 1.00 bits per heavy atom. The molecule has 0 spiro atoms. The quantitative estimate of drug-likeness (QED) is 0.463. The van der Waals surface area contributed by atoms with Crippen LogP contribution in [-0.2, 0) is 12.3 Å². The van der Waals surface area contributed by atoms with Crippen molar-refractivity contribution in [3.63, 3.8) is 0 Å². The predicted molar refractivity (Wildman–Crippen MR) is 99.0 cm³/mol. The summed E-state index contributed by atoms with van der Waals surface area (Å²) in [5, 5.41) is 0.750. The van der Waals surface area contributed by atoms with Crippen molar-refractivity contribution < 1.29 is 8.78 Å². The van der Waals surface area contributed by atoms with Gasteiger partial charge in [-0.3, -0.25) is 4.98 Å². The van der Waals surface area contributed by atoms with Gasteiger partial charge in [0.2, 0.25) is 0 Å². The third-order valence-corrected chi connectivity index (χ3v) is 5.09. The summed E-state index contributed by atoms with van der Waals surface area (Å²) < 4.78 is 29.4. The molecule has 0 atom stereocenters. The van der Waals surface area contributed by atoms with E-state index in [1.54, 1.807) is 30.6 Å². The van der Waals surface area contributed by atoms with Crippen LogP contribution in [-0.4, -0.2) is 14.5 Å². The van der Waals surface area contributed by atoms with Crippen LogP contribution in [0.1, 0.15) is 11.1 Å². The number of aromatic nitrogens is 3. The molecule has 26 heavy (non-hydrogen) atoms. The monoisotopic (exact) mass is 367 g/mol. The van der Waals surface area contributed by atoms with E-state index in [4.69, 9.17) is 0 Å². The Bertz CT molecular complexity index is 1060. The zero-order valence-corrected chi connectivity index (χ0v) is 14.6. The van der Waals surface area contributed by atoms with E-state index in [9.17, 15) is 8.78 Å². The second kappa shape index (κ2) is 7.25. The highest BCUT2D eigenvalue weighted by Gasteiger charge is 2.13. The third kappa shape index (κ3) is 3.46. The molecule has 2 heterocycles. The minimum absolute atomic E-state index is 0.227. The Hall–Kier alpha value is -2.73. The van der Waals surface area contributed by atoms with Crippen molar-refractivity contribution >= 4 is 22.8 Å². The fraction of sp³-hybridized carbons (Fsp3) is 0.100. The molecule has 130 valence electrons. The van der Waals surface area contributed by atoms with Gasteiger partial charge in [0.1, 0.15) is 11.6 Å². The van der Waals surface area contributed by atoms with E-state index in [-0.39, 0.29) is 11.6 Å². The van der Waals surface area contributed by atoms with E-state index < -0.39 is 0 Å². The minimum atomic E-state index is -0.273. The van der Waals surface area contributed by atoms with Gasteiger partial charge >= 0.3 is 0 Å². The maximum absolute atomic E-state index is 13.9. The molecule has 2 aromatic carbocycles. The van der Waals surface area contributed by atoms with E-state index in [0.717, 1.165) is 21.8 Å². The zero-order valence-electron chi connectivity index (χ0n) is 13.8. The molecule has 3 nitrogen and oxygen atoms in total. The van der Waals surface area contributed by atoms with Crippen LogP contribution < -0.4 is 0 Å². The van der Waals surface area contributed by atoms with Crippen molar-refractivity contribution in [1.82, 2.24) is 14.5 Å². The molecule has 0 saturated carbocycles. The number of fused-ring (bicyclic) bond motifs is 1. The molecule has 0 unspecified atom stereocenters. The standard InChI is InChI=1S/C20H15F2N3S/c21-16-6-3-4-14(10-16)12-25-19-11-23-9-8-18(19)24-20(25)26-13-15-5-1-2-7-17(15)22/h1-11H,12-13H2. The summed E-state index contributed by atoms with van der Waals surface area (Å²) in [5.41, 5.74) is 3.14. The molecule has 2 aromatic heterocycles. The first-order valence-corrected chi connectivity index (χ1v) is 9.10. The number of imidazole rings is 1. The van der Waals surface area contributed by atoms with Crippen molar-refractivity contribution in [2.45, 2.75) is 17.5 Å². The van der Waals surface area contributed by atoms with Gasteiger partial charge in [0.25, 0.3) is 0 Å². The molecule has 0 aliphatic carbocycles. The molecular weight excluding hydrogens is 352 g/mol. The van der Waals surface area contributed by atoms with Crippen molar-refractivity contribution in [3.8, 4) is 0 Å². The highest BCUT2D eigenvalue weighted by Crippen LogP contribution is 2.28. The Morgan fingerprint density at radius 2 is 1.88 bits per heavy atom. The van der Waals surface area contributed by atoms with Gasteiger partial charge in [-0.1, -0.05) is 42.1 Å². The summed E-state index contributed by atoms with van der Waals surface area (Å²) in [6.45, 7) is 0.472. The smallest absolute Gasteiger partial charge is 0.169 e. The molecule has 0 aliphatic heterocycles. The average molecular weight is 367 g/mol. The van der Waals surface area contributed by atoms with Gasteiger partial charge in [0, 0.05) is 11.9 Å². The lowest BCUT2D eigenvalue weighted by molar-refractivity contribution is 0.617. The van der Waals surface area contributed by atoms with Crippen LogP contribution in [0.4, 0.5) is 8.78 Å². The normalized spacial score (nSPS) is 11.2. The van der Waals surface area contributed by atoms with Gasteiger partial charge in [-0.2, -0.15) is 0 Å². The van der Waals surface area contributed by atoms with E-state index in [1.165, 1.54) is 30.0 Å². The second-order valence-corrected chi connectivity index (χ2v) is 6.80. The van der Waals surface area contributed by atoms with Gasteiger partial charge in [-0.25, -0.2) is 13.8 Å². The molecule has 0 N–H and O–H groups in total. The first-order valence-electron chi connectivity index (χ1n) is 8.11. The highest BCUT2D eigenvalue weighted by molar-refractivity contribution is 7.98. The van der Waals surface area contributed by atoms with Crippen LogP contribution in [0.5, 0.6) is 0 Å². The summed E-state index contributed by atoms with van der Waals surface area (Å²) in [6, 6.07) is 15.0. The molecular formula is C20H15F2N3S. The SMILES string of the molecule is Fc1cccc(Cn2c(SCc3ccccc3F)nc3ccncc32)c1. The van der Waals surface area contributed by atoms with Gasteiger partial charge in [-0.05, 0) is 35.4 Å². The predicted octanol–water partition coefficient (Wildman–Crippen LogP) is 5.05. The van der Waals surface area contributed by atoms with Crippen LogP contribution >= 0.6 is 11.8 Å².